The molecule has 0 atom stereocenters. The van der Waals surface area contributed by atoms with Crippen LogP contribution in [0.4, 0.5) is 11.6 Å². The van der Waals surface area contributed by atoms with E-state index in [9.17, 15) is 10.2 Å². The predicted octanol–water partition coefficient (Wildman–Crippen LogP) is -0.462. The van der Waals surface area contributed by atoms with Gasteiger partial charge in [0.1, 0.15) is 11.6 Å². The molecule has 22 heavy (non-hydrogen) atoms. The van der Waals surface area contributed by atoms with E-state index in [1.807, 2.05) is 13.8 Å². The maximum absolute atomic E-state index is 10.6. The minimum Gasteiger partial charge on any atom is -0.392 e. The molecule has 1 aliphatic rings. The van der Waals surface area contributed by atoms with E-state index in [-0.39, 0.29) is 0 Å². The largest absolute Gasteiger partial charge is 0.392 e. The fourth-order valence-electron chi connectivity index (χ4n) is 3.60. The fourth-order valence-corrected chi connectivity index (χ4v) is 3.60. The van der Waals surface area contributed by atoms with Crippen molar-refractivity contribution in [3.05, 3.63) is 22.5 Å². The van der Waals surface area contributed by atoms with Crippen LogP contribution in [0.25, 0.3) is 0 Å². The Labute approximate surface area is 128 Å². The topological polar surface area (TPSA) is 128 Å². The highest BCUT2D eigenvalue weighted by atomic mass is 16.3. The average Bonchev–Trinajstić information content (AvgIpc) is 2.83. The average molecular weight is 306 g/mol. The molecule has 3 rings (SSSR count). The molecular weight excluding hydrogens is 284 g/mol. The maximum Gasteiger partial charge on any atom is 0.125 e. The number of nitrogens with two attached hydrogens (primary N) is 2. The second-order valence-electron chi connectivity index (χ2n) is 6.05. The van der Waals surface area contributed by atoms with Gasteiger partial charge in [0, 0.05) is 37.1 Å². The number of anilines is 2. The summed E-state index contributed by atoms with van der Waals surface area (Å²) in [4.78, 5) is 0. The van der Waals surface area contributed by atoms with Crippen molar-refractivity contribution in [1.29, 1.82) is 0 Å². The van der Waals surface area contributed by atoms with Gasteiger partial charge in [-0.3, -0.25) is 9.36 Å². The quantitative estimate of drug-likeness (QED) is 0.594. The van der Waals surface area contributed by atoms with Crippen LogP contribution in [0.2, 0.25) is 0 Å². The molecule has 0 aromatic carbocycles. The van der Waals surface area contributed by atoms with E-state index in [0.29, 0.717) is 22.8 Å². The molecule has 120 valence electrons. The molecule has 0 aliphatic heterocycles. The van der Waals surface area contributed by atoms with E-state index in [4.69, 9.17) is 11.5 Å². The standard InChI is InChI=1S/C14H22N6O2/c1-5-7(13(15)19(3)17-5)9-11(21)10(12(9)22)8-6(2)18-20(4)14(8)16/h9-12,21-22H,15-16H2,1-4H3. The van der Waals surface area contributed by atoms with Crippen LogP contribution < -0.4 is 11.5 Å². The second-order valence-corrected chi connectivity index (χ2v) is 6.05. The van der Waals surface area contributed by atoms with Gasteiger partial charge in [0.25, 0.3) is 0 Å². The molecule has 0 bridgehead atoms. The van der Waals surface area contributed by atoms with Gasteiger partial charge in [-0.2, -0.15) is 10.2 Å². The van der Waals surface area contributed by atoms with E-state index in [1.54, 1.807) is 23.5 Å². The molecule has 1 fully saturated rings. The summed E-state index contributed by atoms with van der Waals surface area (Å²) in [6, 6.07) is 0. The number of hydrogen-bond acceptors (Lipinski definition) is 6. The van der Waals surface area contributed by atoms with Crippen LogP contribution in [0.15, 0.2) is 0 Å². The van der Waals surface area contributed by atoms with Crippen LogP contribution >= 0.6 is 0 Å². The molecule has 2 aromatic heterocycles. The summed E-state index contributed by atoms with van der Waals surface area (Å²) in [5.41, 5.74) is 14.9. The van der Waals surface area contributed by atoms with Crippen molar-refractivity contribution in [3.63, 3.8) is 0 Å². The van der Waals surface area contributed by atoms with E-state index < -0.39 is 24.0 Å². The number of hydrogen-bond donors (Lipinski definition) is 4. The molecule has 0 saturated heterocycles. The maximum atomic E-state index is 10.6. The first kappa shape index (κ1) is 14.9. The fraction of sp³-hybridized carbons (Fsp3) is 0.571. The molecule has 6 N–H and O–H groups in total. The molecule has 0 radical (unpaired) electrons. The van der Waals surface area contributed by atoms with Crippen LogP contribution in [0.5, 0.6) is 0 Å². The highest BCUT2D eigenvalue weighted by Gasteiger charge is 2.53. The number of aliphatic hydroxyl groups is 2. The number of rotatable bonds is 2. The number of aryl methyl sites for hydroxylation is 4. The highest BCUT2D eigenvalue weighted by molar-refractivity contribution is 5.54. The lowest BCUT2D eigenvalue weighted by molar-refractivity contribution is -0.0784. The van der Waals surface area contributed by atoms with Crippen LogP contribution in [-0.4, -0.2) is 42.0 Å². The third-order valence-electron chi connectivity index (χ3n) is 4.77. The molecule has 1 saturated carbocycles. The molecule has 8 heteroatoms. The van der Waals surface area contributed by atoms with Gasteiger partial charge in [-0.15, -0.1) is 0 Å². The van der Waals surface area contributed by atoms with E-state index >= 15 is 0 Å². The SMILES string of the molecule is Cc1nn(C)c(N)c1C1C(O)C(c2c(C)nn(C)c2N)C1O. The molecule has 2 aromatic rings. The van der Waals surface area contributed by atoms with E-state index in [1.165, 1.54) is 0 Å². The summed E-state index contributed by atoms with van der Waals surface area (Å²) in [5.74, 6) is 0.0141. The third kappa shape index (κ3) is 1.77. The van der Waals surface area contributed by atoms with Gasteiger partial charge >= 0.3 is 0 Å². The zero-order chi connectivity index (χ0) is 16.3. The smallest absolute Gasteiger partial charge is 0.125 e. The summed E-state index contributed by atoms with van der Waals surface area (Å²) in [6.45, 7) is 3.64. The lowest BCUT2D eigenvalue weighted by Gasteiger charge is -2.46. The van der Waals surface area contributed by atoms with Gasteiger partial charge in [0.05, 0.1) is 23.6 Å². The van der Waals surface area contributed by atoms with Crippen molar-refractivity contribution >= 4 is 11.6 Å². The number of nitrogen functional groups attached to an aromatic ring is 2. The van der Waals surface area contributed by atoms with Crippen LogP contribution in [-0.2, 0) is 14.1 Å². The Morgan fingerprint density at radius 2 is 1.14 bits per heavy atom. The van der Waals surface area contributed by atoms with Gasteiger partial charge in [-0.25, -0.2) is 0 Å². The summed E-state index contributed by atoms with van der Waals surface area (Å²) in [7, 11) is 3.48. The summed E-state index contributed by atoms with van der Waals surface area (Å²) < 4.78 is 3.11. The Balaban J connectivity index is 1.98. The Kier molecular flexibility index (Phi) is 3.19. The van der Waals surface area contributed by atoms with Crippen molar-refractivity contribution in [2.75, 3.05) is 11.5 Å². The first-order valence-corrected chi connectivity index (χ1v) is 7.19. The van der Waals surface area contributed by atoms with Crippen molar-refractivity contribution in [3.8, 4) is 0 Å². The lowest BCUT2D eigenvalue weighted by Crippen LogP contribution is -2.52. The van der Waals surface area contributed by atoms with E-state index in [0.717, 1.165) is 11.4 Å². The van der Waals surface area contributed by atoms with Crippen LogP contribution in [0.3, 0.4) is 0 Å². The number of aliphatic hydroxyl groups excluding tert-OH is 2. The van der Waals surface area contributed by atoms with Crippen molar-refractivity contribution in [1.82, 2.24) is 19.6 Å². The predicted molar refractivity (Wildman–Crippen MR) is 82.2 cm³/mol. The number of aromatic nitrogens is 4. The van der Waals surface area contributed by atoms with Crippen LogP contribution in [0, 0.1) is 13.8 Å². The van der Waals surface area contributed by atoms with Crippen molar-refractivity contribution < 1.29 is 10.2 Å². The first-order valence-electron chi connectivity index (χ1n) is 7.19. The number of nitrogens with zero attached hydrogens (tertiary/aromatic N) is 4. The van der Waals surface area contributed by atoms with Crippen molar-refractivity contribution in [2.24, 2.45) is 14.1 Å². The molecule has 0 amide bonds. The van der Waals surface area contributed by atoms with Gasteiger partial charge < -0.3 is 21.7 Å². The molecule has 1 aliphatic carbocycles. The summed E-state index contributed by atoms with van der Waals surface area (Å²) in [5, 5.41) is 29.7. The minimum absolute atomic E-state index is 0.460. The highest BCUT2D eigenvalue weighted by Crippen LogP contribution is 2.51. The Morgan fingerprint density at radius 1 is 0.818 bits per heavy atom. The zero-order valence-corrected chi connectivity index (χ0v) is 13.1. The third-order valence-corrected chi connectivity index (χ3v) is 4.77. The van der Waals surface area contributed by atoms with Crippen LogP contribution in [0.1, 0.15) is 34.4 Å². The summed E-state index contributed by atoms with van der Waals surface area (Å²) in [6.07, 6.45) is -1.55. The lowest BCUT2D eigenvalue weighted by atomic mass is 9.63. The van der Waals surface area contributed by atoms with Gasteiger partial charge in [-0.05, 0) is 13.8 Å². The Bertz CT molecular complexity index is 664. The minimum atomic E-state index is -0.773. The molecule has 8 nitrogen and oxygen atoms in total. The van der Waals surface area contributed by atoms with Gasteiger partial charge in [0.2, 0.25) is 0 Å². The van der Waals surface area contributed by atoms with E-state index in [2.05, 4.69) is 10.2 Å². The summed E-state index contributed by atoms with van der Waals surface area (Å²) >= 11 is 0. The van der Waals surface area contributed by atoms with Crippen molar-refractivity contribution in [2.45, 2.75) is 37.9 Å². The normalized spacial score (nSPS) is 27.9. The Morgan fingerprint density at radius 3 is 1.36 bits per heavy atom. The molecular formula is C14H22N6O2. The molecule has 2 heterocycles. The second kappa shape index (κ2) is 4.72. The monoisotopic (exact) mass is 306 g/mol. The van der Waals surface area contributed by atoms with Gasteiger partial charge in [0.15, 0.2) is 0 Å². The Hall–Kier alpha value is -2.06. The van der Waals surface area contributed by atoms with Gasteiger partial charge in [-0.1, -0.05) is 0 Å². The molecule has 0 spiro atoms. The first-order chi connectivity index (χ1) is 10.3. The molecule has 0 unspecified atom stereocenters. The zero-order valence-electron chi connectivity index (χ0n) is 13.1.